The van der Waals surface area contributed by atoms with Gasteiger partial charge in [-0.25, -0.2) is 0 Å². The normalized spacial score (nSPS) is 9.43. The van der Waals surface area contributed by atoms with E-state index in [-0.39, 0.29) is 23.0 Å². The fourth-order valence-corrected chi connectivity index (χ4v) is 0. The molecule has 0 rings (SSSR count). The van der Waals surface area contributed by atoms with E-state index in [1.54, 1.807) is 0 Å². The molecule has 0 N–H and O–H groups in total. The molecule has 0 aromatic heterocycles. The van der Waals surface area contributed by atoms with E-state index in [4.69, 9.17) is 8.42 Å². The first-order chi connectivity index (χ1) is 5.41. The van der Waals surface area contributed by atoms with Crippen LogP contribution in [-0.4, -0.2) is 17.9 Å². The average molecular weight is 279 g/mol. The standard InChI is InChI=1S/2C4H10S.O2S.H2S/c2*1-4(2,3)5;1-3-2;/h2*5H,1-3H3;;1H2. The highest BCUT2D eigenvalue weighted by molar-refractivity contribution is 7.81. The Hall–Kier alpha value is 0.870. The molecule has 0 saturated carbocycles. The third-order valence-corrected chi connectivity index (χ3v) is 0. The number of rotatable bonds is 0. The molecule has 0 fully saturated rings. The predicted molar refractivity (Wildman–Crippen MR) is 76.8 cm³/mol. The molecule has 0 amide bonds. The molecule has 0 atom stereocenters. The van der Waals surface area contributed by atoms with Gasteiger partial charge in [0, 0.05) is 9.49 Å². The van der Waals surface area contributed by atoms with Crippen LogP contribution in [0.2, 0.25) is 0 Å². The Morgan fingerprint density at radius 2 is 0.786 bits per heavy atom. The van der Waals surface area contributed by atoms with E-state index in [1.165, 1.54) is 0 Å². The van der Waals surface area contributed by atoms with Crippen molar-refractivity contribution < 1.29 is 8.42 Å². The van der Waals surface area contributed by atoms with Crippen molar-refractivity contribution in [2.24, 2.45) is 0 Å². The molecule has 6 heteroatoms. The molecule has 0 aliphatic rings. The summed E-state index contributed by atoms with van der Waals surface area (Å²) < 4.78 is 17.0. The van der Waals surface area contributed by atoms with E-state index >= 15 is 0 Å². The molecule has 14 heavy (non-hydrogen) atoms. The lowest BCUT2D eigenvalue weighted by Gasteiger charge is -2.04. The number of hydrogen-bond donors (Lipinski definition) is 2. The van der Waals surface area contributed by atoms with Crippen molar-refractivity contribution in [2.75, 3.05) is 0 Å². The highest BCUT2D eigenvalue weighted by Crippen LogP contribution is 2.07. The first-order valence-corrected chi connectivity index (χ1v) is 5.34. The lowest BCUT2D eigenvalue weighted by Crippen LogP contribution is -1.99. The van der Waals surface area contributed by atoms with E-state index in [2.05, 4.69) is 66.8 Å². The van der Waals surface area contributed by atoms with Gasteiger partial charge in [0.2, 0.25) is 0 Å². The van der Waals surface area contributed by atoms with Crippen molar-refractivity contribution in [3.8, 4) is 0 Å². The first kappa shape index (κ1) is 24.2. The maximum absolute atomic E-state index is 8.29. The fraction of sp³-hybridized carbons (Fsp3) is 1.00. The van der Waals surface area contributed by atoms with Gasteiger partial charge in [-0.15, -0.1) is 0 Å². The summed E-state index contributed by atoms with van der Waals surface area (Å²) in [5, 5.41) is 0. The molecular weight excluding hydrogens is 256 g/mol. The molecule has 90 valence electrons. The Morgan fingerprint density at radius 3 is 0.786 bits per heavy atom. The second-order valence-electron chi connectivity index (χ2n) is 4.41. The second-order valence-corrected chi connectivity index (χ2v) is 7.23. The van der Waals surface area contributed by atoms with Crippen LogP contribution in [0.25, 0.3) is 0 Å². The van der Waals surface area contributed by atoms with Crippen molar-refractivity contribution in [1.29, 1.82) is 0 Å². The minimum absolute atomic E-state index is 0. The van der Waals surface area contributed by atoms with E-state index in [0.29, 0.717) is 0 Å². The van der Waals surface area contributed by atoms with Gasteiger partial charge in [0.05, 0.1) is 0 Å². The third-order valence-electron chi connectivity index (χ3n) is 0. The van der Waals surface area contributed by atoms with Crippen LogP contribution in [-0.2, 0) is 11.6 Å². The smallest absolute Gasteiger partial charge is 0.197 e. The first-order valence-electron chi connectivity index (χ1n) is 3.78. The summed E-state index contributed by atoms with van der Waals surface area (Å²) in [6, 6.07) is 0. The predicted octanol–water partition coefficient (Wildman–Crippen LogP) is 2.87. The zero-order valence-corrected chi connectivity index (χ0v) is 13.2. The topological polar surface area (TPSA) is 34.1 Å². The molecule has 0 spiro atoms. The highest BCUT2D eigenvalue weighted by Gasteiger charge is 1.97. The van der Waals surface area contributed by atoms with Crippen LogP contribution in [0.3, 0.4) is 0 Å². The minimum Gasteiger partial charge on any atom is -0.197 e. The zero-order valence-electron chi connectivity index (χ0n) is 9.62. The van der Waals surface area contributed by atoms with Crippen molar-refractivity contribution in [2.45, 2.75) is 51.0 Å². The van der Waals surface area contributed by atoms with E-state index < -0.39 is 11.6 Å². The zero-order chi connectivity index (χ0) is 11.7. The van der Waals surface area contributed by atoms with Gasteiger partial charge in [0.15, 0.2) is 0 Å². The summed E-state index contributed by atoms with van der Waals surface area (Å²) in [6.45, 7) is 12.3. The number of thiol groups is 2. The quantitative estimate of drug-likeness (QED) is 0.668. The van der Waals surface area contributed by atoms with Crippen molar-refractivity contribution in [1.82, 2.24) is 0 Å². The molecule has 0 aromatic rings. The number of hydrogen-bond acceptors (Lipinski definition) is 4. The minimum atomic E-state index is -0.750. The Labute approximate surface area is 109 Å². The Morgan fingerprint density at radius 1 is 0.786 bits per heavy atom. The summed E-state index contributed by atoms with van der Waals surface area (Å²) in [5.41, 5.74) is 0. The van der Waals surface area contributed by atoms with E-state index in [1.807, 2.05) is 0 Å². The maximum Gasteiger partial charge on any atom is 0.335 e. The van der Waals surface area contributed by atoms with Gasteiger partial charge in [0.25, 0.3) is 0 Å². The van der Waals surface area contributed by atoms with Crippen molar-refractivity contribution in [3.63, 3.8) is 0 Å². The van der Waals surface area contributed by atoms with Gasteiger partial charge >= 0.3 is 11.6 Å². The van der Waals surface area contributed by atoms with Crippen LogP contribution < -0.4 is 0 Å². The van der Waals surface area contributed by atoms with E-state index in [9.17, 15) is 0 Å². The molecule has 0 aliphatic heterocycles. The monoisotopic (exact) mass is 278 g/mol. The molecule has 2 nitrogen and oxygen atoms in total. The summed E-state index contributed by atoms with van der Waals surface area (Å²) in [5.74, 6) is 0. The van der Waals surface area contributed by atoms with Gasteiger partial charge in [-0.05, 0) is 0 Å². The van der Waals surface area contributed by atoms with Gasteiger partial charge < -0.3 is 0 Å². The summed E-state index contributed by atoms with van der Waals surface area (Å²) in [4.78, 5) is 0. The second kappa shape index (κ2) is 11.9. The molecule has 0 unspecified atom stereocenters. The molecule has 0 aromatic carbocycles. The molecular formula is C8H22O2S4. The largest absolute Gasteiger partial charge is 0.335 e. The fourth-order valence-electron chi connectivity index (χ4n) is 0. The molecule has 0 aliphatic carbocycles. The molecule has 0 saturated heterocycles. The lowest BCUT2D eigenvalue weighted by atomic mass is 10.3. The van der Waals surface area contributed by atoms with Gasteiger partial charge in [-0.1, -0.05) is 41.5 Å². The van der Waals surface area contributed by atoms with Crippen LogP contribution >= 0.6 is 38.8 Å². The SMILES string of the molecule is CC(C)(C)S.CC(C)(C)S.O=S=O.S. The van der Waals surface area contributed by atoms with Crippen LogP contribution in [0.1, 0.15) is 41.5 Å². The maximum atomic E-state index is 8.29. The van der Waals surface area contributed by atoms with Crippen LogP contribution in [0.5, 0.6) is 0 Å². The van der Waals surface area contributed by atoms with Gasteiger partial charge in [0.1, 0.15) is 0 Å². The Kier molecular flexibility index (Phi) is 20.7. The van der Waals surface area contributed by atoms with Crippen LogP contribution in [0.15, 0.2) is 0 Å². The molecule has 0 bridgehead atoms. The van der Waals surface area contributed by atoms with Gasteiger partial charge in [-0.3, -0.25) is 0 Å². The summed E-state index contributed by atoms with van der Waals surface area (Å²) in [7, 11) is 0. The Bertz CT molecular complexity index is 116. The summed E-state index contributed by atoms with van der Waals surface area (Å²) in [6.07, 6.45) is 0. The third kappa shape index (κ3) is 2400. The highest BCUT2D eigenvalue weighted by atomic mass is 32.1. The molecule has 0 radical (unpaired) electrons. The average Bonchev–Trinajstić information content (AvgIpc) is 1.52. The van der Waals surface area contributed by atoms with Crippen LogP contribution in [0, 0.1) is 0 Å². The lowest BCUT2D eigenvalue weighted by molar-refractivity contribution is 0.630. The Balaban J connectivity index is -0.0000000535. The summed E-state index contributed by atoms with van der Waals surface area (Å²) >= 11 is 7.50. The van der Waals surface area contributed by atoms with Crippen molar-refractivity contribution >= 4 is 50.3 Å². The van der Waals surface area contributed by atoms with E-state index in [0.717, 1.165) is 0 Å². The van der Waals surface area contributed by atoms with Crippen molar-refractivity contribution in [3.05, 3.63) is 0 Å². The molecule has 0 heterocycles. The van der Waals surface area contributed by atoms with Gasteiger partial charge in [-0.2, -0.15) is 47.2 Å². The van der Waals surface area contributed by atoms with Crippen LogP contribution in [0.4, 0.5) is 0 Å².